The smallest absolute Gasteiger partial charge is 0.295 e. The van der Waals surface area contributed by atoms with Gasteiger partial charge in [-0.1, -0.05) is 52.3 Å². The number of aliphatic hydroxyl groups is 1. The van der Waals surface area contributed by atoms with Crippen molar-refractivity contribution in [3.63, 3.8) is 0 Å². The van der Waals surface area contributed by atoms with Gasteiger partial charge in [-0.3, -0.25) is 9.59 Å². The molecule has 30 heavy (non-hydrogen) atoms. The normalized spacial score (nSPS) is 18.1. The van der Waals surface area contributed by atoms with Gasteiger partial charge in [0.25, 0.3) is 11.7 Å². The molecular weight excluding hydrogens is 466 g/mol. The van der Waals surface area contributed by atoms with Crippen LogP contribution in [0.3, 0.4) is 0 Å². The lowest BCUT2D eigenvalue weighted by molar-refractivity contribution is -0.140. The van der Waals surface area contributed by atoms with Crippen molar-refractivity contribution in [3.05, 3.63) is 92.1 Å². The van der Waals surface area contributed by atoms with Gasteiger partial charge in [-0.2, -0.15) is 0 Å². The fourth-order valence-corrected chi connectivity index (χ4v) is 4.56. The van der Waals surface area contributed by atoms with Crippen molar-refractivity contribution in [3.8, 4) is 5.75 Å². The molecule has 1 aromatic heterocycles. The first-order chi connectivity index (χ1) is 14.5. The molecule has 1 unspecified atom stereocenters. The highest BCUT2D eigenvalue weighted by molar-refractivity contribution is 9.10. The molecule has 0 aliphatic carbocycles. The summed E-state index contributed by atoms with van der Waals surface area (Å²) in [6.07, 6.45) is 0. The van der Waals surface area contributed by atoms with E-state index in [-0.39, 0.29) is 17.9 Å². The summed E-state index contributed by atoms with van der Waals surface area (Å²) in [7, 11) is 1.54. The Morgan fingerprint density at radius 3 is 2.50 bits per heavy atom. The molecule has 0 radical (unpaired) electrons. The number of Topliss-reactive ketones (excluding diaryl/α,β-unsaturated/α-hetero) is 1. The molecule has 1 N–H and O–H groups in total. The largest absolute Gasteiger partial charge is 0.507 e. The van der Waals surface area contributed by atoms with Crippen LogP contribution in [-0.4, -0.2) is 28.8 Å². The Labute approximate surface area is 186 Å². The van der Waals surface area contributed by atoms with Gasteiger partial charge in [0, 0.05) is 20.5 Å². The number of halogens is 1. The van der Waals surface area contributed by atoms with Crippen LogP contribution in [0.15, 0.2) is 76.1 Å². The predicted molar refractivity (Wildman–Crippen MR) is 119 cm³/mol. The topological polar surface area (TPSA) is 66.8 Å². The number of hydrogen-bond acceptors (Lipinski definition) is 5. The zero-order valence-electron chi connectivity index (χ0n) is 16.0. The molecule has 0 bridgehead atoms. The molecule has 1 aliphatic heterocycles. The van der Waals surface area contributed by atoms with Crippen LogP contribution in [0.5, 0.6) is 5.75 Å². The molecule has 5 nitrogen and oxygen atoms in total. The Balaban J connectivity index is 1.90. The fourth-order valence-electron chi connectivity index (χ4n) is 3.59. The number of nitrogens with zero attached hydrogens (tertiary/aromatic N) is 1. The first-order valence-corrected chi connectivity index (χ1v) is 10.9. The van der Waals surface area contributed by atoms with Gasteiger partial charge in [-0.05, 0) is 29.6 Å². The average molecular weight is 484 g/mol. The minimum Gasteiger partial charge on any atom is -0.507 e. The standard InChI is InChI=1S/C23H18BrNO4S/c1-29-18-7-3-2-6-17(18)20-19(21(26)14-8-10-15(24)11-9-14)22(27)23(28)25(20)13-16-5-4-12-30-16/h2-12,20,26H,13H2,1H3/b21-19-. The van der Waals surface area contributed by atoms with E-state index in [1.807, 2.05) is 35.7 Å². The Bertz CT molecular complexity index is 1120. The quantitative estimate of drug-likeness (QED) is 0.310. The first kappa shape index (κ1) is 20.4. The highest BCUT2D eigenvalue weighted by atomic mass is 79.9. The molecule has 1 atom stereocenters. The second-order valence-electron chi connectivity index (χ2n) is 6.76. The lowest BCUT2D eigenvalue weighted by atomic mass is 9.94. The van der Waals surface area contributed by atoms with E-state index in [4.69, 9.17) is 4.74 Å². The number of carbonyl (C=O) groups is 2. The summed E-state index contributed by atoms with van der Waals surface area (Å²) in [6, 6.07) is 17.2. The van der Waals surface area contributed by atoms with Crippen molar-refractivity contribution in [2.45, 2.75) is 12.6 Å². The maximum Gasteiger partial charge on any atom is 0.295 e. The second-order valence-corrected chi connectivity index (χ2v) is 8.70. The van der Waals surface area contributed by atoms with Crippen molar-refractivity contribution in [1.82, 2.24) is 4.90 Å². The van der Waals surface area contributed by atoms with E-state index < -0.39 is 17.7 Å². The van der Waals surface area contributed by atoms with Crippen molar-refractivity contribution in [1.29, 1.82) is 0 Å². The number of hydrogen-bond donors (Lipinski definition) is 1. The highest BCUT2D eigenvalue weighted by Crippen LogP contribution is 2.43. The summed E-state index contributed by atoms with van der Waals surface area (Å²) in [6.45, 7) is 0.266. The Morgan fingerprint density at radius 1 is 1.10 bits per heavy atom. The van der Waals surface area contributed by atoms with E-state index in [2.05, 4.69) is 15.9 Å². The highest BCUT2D eigenvalue weighted by Gasteiger charge is 2.47. The fraction of sp³-hybridized carbons (Fsp3) is 0.130. The molecule has 1 saturated heterocycles. The van der Waals surface area contributed by atoms with Crippen LogP contribution in [0, 0.1) is 0 Å². The lowest BCUT2D eigenvalue weighted by Crippen LogP contribution is -2.29. The Morgan fingerprint density at radius 2 is 1.83 bits per heavy atom. The van der Waals surface area contributed by atoms with Crippen molar-refractivity contribution in [2.24, 2.45) is 0 Å². The van der Waals surface area contributed by atoms with Crippen molar-refractivity contribution < 1.29 is 19.4 Å². The van der Waals surface area contributed by atoms with Gasteiger partial charge in [0.15, 0.2) is 0 Å². The summed E-state index contributed by atoms with van der Waals surface area (Å²) in [5, 5.41) is 13.0. The summed E-state index contributed by atoms with van der Waals surface area (Å²) < 4.78 is 6.35. The molecule has 0 saturated carbocycles. The Hall–Kier alpha value is -2.90. The molecule has 7 heteroatoms. The van der Waals surface area contributed by atoms with Crippen LogP contribution < -0.4 is 4.74 Å². The van der Waals surface area contributed by atoms with Gasteiger partial charge in [0.1, 0.15) is 11.5 Å². The third-order valence-electron chi connectivity index (χ3n) is 5.00. The summed E-state index contributed by atoms with van der Waals surface area (Å²) in [5.74, 6) is -1.01. The van der Waals surface area contributed by atoms with Gasteiger partial charge < -0.3 is 14.7 Å². The number of amides is 1. The summed E-state index contributed by atoms with van der Waals surface area (Å²) in [4.78, 5) is 28.5. The number of benzene rings is 2. The SMILES string of the molecule is COc1ccccc1C1/C(=C(/O)c2ccc(Br)cc2)C(=O)C(=O)N1Cc1cccs1. The van der Waals surface area contributed by atoms with E-state index in [1.165, 1.54) is 16.2 Å². The maximum absolute atomic E-state index is 13.1. The molecule has 1 fully saturated rings. The number of ketones is 1. The number of thiophene rings is 1. The number of carbonyl (C=O) groups excluding carboxylic acids is 2. The third-order valence-corrected chi connectivity index (χ3v) is 6.39. The van der Waals surface area contributed by atoms with Crippen molar-refractivity contribution in [2.75, 3.05) is 7.11 Å². The number of methoxy groups -OCH3 is 1. The number of rotatable bonds is 5. The zero-order valence-corrected chi connectivity index (χ0v) is 18.4. The predicted octanol–water partition coefficient (Wildman–Crippen LogP) is 5.14. The van der Waals surface area contributed by atoms with E-state index in [0.29, 0.717) is 16.9 Å². The number of aliphatic hydroxyl groups excluding tert-OH is 1. The number of likely N-dealkylation sites (tertiary alicyclic amines) is 1. The Kier molecular flexibility index (Phi) is 5.74. The maximum atomic E-state index is 13.1. The molecular formula is C23H18BrNO4S. The van der Waals surface area contributed by atoms with Crippen LogP contribution in [0.2, 0.25) is 0 Å². The van der Waals surface area contributed by atoms with Gasteiger partial charge in [-0.15, -0.1) is 11.3 Å². The van der Waals surface area contributed by atoms with Crippen LogP contribution >= 0.6 is 27.3 Å². The van der Waals surface area contributed by atoms with Gasteiger partial charge in [-0.25, -0.2) is 0 Å². The lowest BCUT2D eigenvalue weighted by Gasteiger charge is -2.26. The molecule has 4 rings (SSSR count). The van der Waals surface area contributed by atoms with Crippen molar-refractivity contribution >= 4 is 44.7 Å². The zero-order chi connectivity index (χ0) is 21.3. The molecule has 1 amide bonds. The van der Waals surface area contributed by atoms with E-state index >= 15 is 0 Å². The second kappa shape index (κ2) is 8.45. The van der Waals surface area contributed by atoms with Gasteiger partial charge >= 0.3 is 0 Å². The van der Waals surface area contributed by atoms with Crippen LogP contribution in [0.4, 0.5) is 0 Å². The first-order valence-electron chi connectivity index (χ1n) is 9.21. The molecule has 2 heterocycles. The van der Waals surface area contributed by atoms with E-state index in [1.54, 1.807) is 37.4 Å². The van der Waals surface area contributed by atoms with Crippen LogP contribution in [-0.2, 0) is 16.1 Å². The van der Waals surface area contributed by atoms with Gasteiger partial charge in [0.05, 0.1) is 25.3 Å². The summed E-state index contributed by atoms with van der Waals surface area (Å²) >= 11 is 4.88. The average Bonchev–Trinajstić information content (AvgIpc) is 3.36. The molecule has 0 spiro atoms. The third kappa shape index (κ3) is 3.66. The molecule has 152 valence electrons. The van der Waals surface area contributed by atoms with Gasteiger partial charge in [0.2, 0.25) is 0 Å². The van der Waals surface area contributed by atoms with Crippen LogP contribution in [0.1, 0.15) is 22.0 Å². The molecule has 1 aliphatic rings. The monoisotopic (exact) mass is 483 g/mol. The minimum atomic E-state index is -0.758. The minimum absolute atomic E-state index is 0.0587. The van der Waals surface area contributed by atoms with Crippen LogP contribution in [0.25, 0.3) is 5.76 Å². The molecule has 2 aromatic carbocycles. The summed E-state index contributed by atoms with van der Waals surface area (Å²) in [5.41, 5.74) is 1.17. The number of para-hydroxylation sites is 1. The van der Waals surface area contributed by atoms with E-state index in [0.717, 1.165) is 9.35 Å². The number of ether oxygens (including phenoxy) is 1. The van der Waals surface area contributed by atoms with E-state index in [9.17, 15) is 14.7 Å². The molecule has 3 aromatic rings.